The van der Waals surface area contributed by atoms with Crippen molar-refractivity contribution >= 4 is 11.0 Å². The van der Waals surface area contributed by atoms with Gasteiger partial charge < -0.3 is 9.73 Å². The van der Waals surface area contributed by atoms with Gasteiger partial charge in [0.15, 0.2) is 0 Å². The van der Waals surface area contributed by atoms with Gasteiger partial charge >= 0.3 is 0 Å². The van der Waals surface area contributed by atoms with Gasteiger partial charge in [0, 0.05) is 17.3 Å². The van der Waals surface area contributed by atoms with Crippen LogP contribution in [0.25, 0.3) is 11.0 Å². The second kappa shape index (κ2) is 4.53. The smallest absolute Gasteiger partial charge is 0.134 e. The Balaban J connectivity index is 1.80. The van der Waals surface area contributed by atoms with Gasteiger partial charge in [-0.2, -0.15) is 0 Å². The average Bonchev–Trinajstić information content (AvgIpc) is 2.94. The summed E-state index contributed by atoms with van der Waals surface area (Å²) in [6.07, 6.45) is 3.74. The molecule has 3 rings (SSSR count). The van der Waals surface area contributed by atoms with E-state index in [0.717, 1.165) is 12.1 Å². The van der Waals surface area contributed by atoms with E-state index in [1.165, 1.54) is 30.4 Å². The van der Waals surface area contributed by atoms with E-state index in [1.54, 1.807) is 0 Å². The highest BCUT2D eigenvalue weighted by Crippen LogP contribution is 2.36. The second-order valence-corrected chi connectivity index (χ2v) is 4.95. The summed E-state index contributed by atoms with van der Waals surface area (Å²) >= 11 is 0. The standard InChI is InChI=1S/C15H19NO/c1-2-16-13-8-7-12(9-13)15-10-11-5-3-4-6-14(11)17-15/h3-6,10,12-13,16H,2,7-9H2,1H3. The summed E-state index contributed by atoms with van der Waals surface area (Å²) in [6, 6.07) is 11.2. The molecule has 2 heteroatoms. The maximum atomic E-state index is 5.95. The molecule has 2 unspecified atom stereocenters. The molecule has 90 valence electrons. The molecule has 2 atom stereocenters. The topological polar surface area (TPSA) is 25.2 Å². The Morgan fingerprint density at radius 2 is 2.18 bits per heavy atom. The molecular weight excluding hydrogens is 210 g/mol. The molecular formula is C15H19NO. The molecule has 0 saturated heterocycles. The van der Waals surface area contributed by atoms with Crippen LogP contribution in [0.1, 0.15) is 37.9 Å². The van der Waals surface area contributed by atoms with Crippen LogP contribution in [0.3, 0.4) is 0 Å². The number of hydrogen-bond donors (Lipinski definition) is 1. The Morgan fingerprint density at radius 1 is 1.29 bits per heavy atom. The third kappa shape index (κ3) is 2.09. The van der Waals surface area contributed by atoms with Gasteiger partial charge in [0.05, 0.1) is 0 Å². The summed E-state index contributed by atoms with van der Waals surface area (Å²) in [5, 5.41) is 4.77. The van der Waals surface area contributed by atoms with E-state index in [-0.39, 0.29) is 0 Å². The minimum absolute atomic E-state index is 0.603. The van der Waals surface area contributed by atoms with Crippen molar-refractivity contribution in [2.45, 2.75) is 38.1 Å². The summed E-state index contributed by atoms with van der Waals surface area (Å²) in [5.74, 6) is 1.78. The third-order valence-corrected chi connectivity index (χ3v) is 3.77. The SMILES string of the molecule is CCNC1CCC(c2cc3ccccc3o2)C1. The first-order valence-electron chi connectivity index (χ1n) is 6.58. The Morgan fingerprint density at radius 3 is 3.00 bits per heavy atom. The van der Waals surface area contributed by atoms with Gasteiger partial charge in [-0.25, -0.2) is 0 Å². The maximum Gasteiger partial charge on any atom is 0.134 e. The van der Waals surface area contributed by atoms with Gasteiger partial charge in [-0.05, 0) is 37.9 Å². The highest BCUT2D eigenvalue weighted by molar-refractivity contribution is 5.77. The van der Waals surface area contributed by atoms with Crippen LogP contribution in [-0.4, -0.2) is 12.6 Å². The number of fused-ring (bicyclic) bond motifs is 1. The molecule has 1 N–H and O–H groups in total. The van der Waals surface area contributed by atoms with Crippen molar-refractivity contribution in [1.82, 2.24) is 5.32 Å². The van der Waals surface area contributed by atoms with Crippen molar-refractivity contribution in [2.75, 3.05) is 6.54 Å². The lowest BCUT2D eigenvalue weighted by atomic mass is 10.0. The Labute approximate surface area is 102 Å². The van der Waals surface area contributed by atoms with Gasteiger partial charge in [0.25, 0.3) is 0 Å². The van der Waals surface area contributed by atoms with Crippen molar-refractivity contribution in [3.63, 3.8) is 0 Å². The van der Waals surface area contributed by atoms with Crippen LogP contribution in [0.5, 0.6) is 0 Å². The van der Waals surface area contributed by atoms with Crippen LogP contribution in [0.2, 0.25) is 0 Å². The number of nitrogens with one attached hydrogen (secondary N) is 1. The molecule has 0 amide bonds. The van der Waals surface area contributed by atoms with E-state index < -0.39 is 0 Å². The zero-order valence-electron chi connectivity index (χ0n) is 10.3. The van der Waals surface area contributed by atoms with Crippen molar-refractivity contribution in [1.29, 1.82) is 0 Å². The van der Waals surface area contributed by atoms with E-state index in [1.807, 2.05) is 6.07 Å². The van der Waals surface area contributed by atoms with Crippen LogP contribution >= 0.6 is 0 Å². The summed E-state index contributed by atoms with van der Waals surface area (Å²) < 4.78 is 5.95. The molecule has 0 bridgehead atoms. The molecule has 1 aromatic carbocycles. The number of rotatable bonds is 3. The lowest BCUT2D eigenvalue weighted by molar-refractivity contribution is 0.477. The maximum absolute atomic E-state index is 5.95. The molecule has 1 aromatic heterocycles. The zero-order valence-corrected chi connectivity index (χ0v) is 10.3. The number of furan rings is 1. The van der Waals surface area contributed by atoms with Crippen molar-refractivity contribution in [3.8, 4) is 0 Å². The third-order valence-electron chi connectivity index (χ3n) is 3.77. The second-order valence-electron chi connectivity index (χ2n) is 4.95. The van der Waals surface area contributed by atoms with Gasteiger partial charge in [-0.15, -0.1) is 0 Å². The average molecular weight is 229 g/mol. The molecule has 17 heavy (non-hydrogen) atoms. The molecule has 0 spiro atoms. The van der Waals surface area contributed by atoms with E-state index in [2.05, 4.69) is 36.5 Å². The number of para-hydroxylation sites is 1. The minimum Gasteiger partial charge on any atom is -0.461 e. The summed E-state index contributed by atoms with van der Waals surface area (Å²) in [7, 11) is 0. The summed E-state index contributed by atoms with van der Waals surface area (Å²) in [4.78, 5) is 0. The van der Waals surface area contributed by atoms with Crippen molar-refractivity contribution < 1.29 is 4.42 Å². The molecule has 2 aromatic rings. The fourth-order valence-corrected chi connectivity index (χ4v) is 2.92. The monoisotopic (exact) mass is 229 g/mol. The van der Waals surface area contributed by atoms with Gasteiger partial charge in [0.1, 0.15) is 11.3 Å². The van der Waals surface area contributed by atoms with Crippen LogP contribution < -0.4 is 5.32 Å². The fraction of sp³-hybridized carbons (Fsp3) is 0.467. The summed E-state index contributed by atoms with van der Waals surface area (Å²) in [5.41, 5.74) is 1.02. The van der Waals surface area contributed by atoms with Crippen LogP contribution in [0.4, 0.5) is 0 Å². The van der Waals surface area contributed by atoms with Crippen molar-refractivity contribution in [3.05, 3.63) is 36.1 Å². The lowest BCUT2D eigenvalue weighted by Gasteiger charge is -2.09. The van der Waals surface area contributed by atoms with Crippen LogP contribution in [0, 0.1) is 0 Å². The highest BCUT2D eigenvalue weighted by Gasteiger charge is 2.27. The molecule has 1 fully saturated rings. The first-order valence-corrected chi connectivity index (χ1v) is 6.58. The fourth-order valence-electron chi connectivity index (χ4n) is 2.92. The van der Waals surface area contributed by atoms with E-state index in [9.17, 15) is 0 Å². The van der Waals surface area contributed by atoms with E-state index >= 15 is 0 Å². The first-order chi connectivity index (χ1) is 8.36. The van der Waals surface area contributed by atoms with Crippen molar-refractivity contribution in [2.24, 2.45) is 0 Å². The molecule has 0 radical (unpaired) electrons. The molecule has 1 aliphatic carbocycles. The minimum atomic E-state index is 0.603. The lowest BCUT2D eigenvalue weighted by Crippen LogP contribution is -2.25. The van der Waals surface area contributed by atoms with Gasteiger partial charge in [0.2, 0.25) is 0 Å². The Kier molecular flexibility index (Phi) is 2.89. The largest absolute Gasteiger partial charge is 0.461 e. The highest BCUT2D eigenvalue weighted by atomic mass is 16.3. The van der Waals surface area contributed by atoms with E-state index in [4.69, 9.17) is 4.42 Å². The first kappa shape index (κ1) is 10.8. The Bertz CT molecular complexity index is 469. The van der Waals surface area contributed by atoms with Crippen LogP contribution in [-0.2, 0) is 0 Å². The van der Waals surface area contributed by atoms with Crippen LogP contribution in [0.15, 0.2) is 34.7 Å². The number of hydrogen-bond acceptors (Lipinski definition) is 2. The van der Waals surface area contributed by atoms with Gasteiger partial charge in [-0.1, -0.05) is 25.1 Å². The predicted octanol–water partition coefficient (Wildman–Crippen LogP) is 3.68. The molecule has 2 nitrogen and oxygen atoms in total. The van der Waals surface area contributed by atoms with E-state index in [0.29, 0.717) is 12.0 Å². The molecule has 1 saturated carbocycles. The molecule has 1 aliphatic rings. The summed E-state index contributed by atoms with van der Waals surface area (Å²) in [6.45, 7) is 3.24. The van der Waals surface area contributed by atoms with Gasteiger partial charge in [-0.3, -0.25) is 0 Å². The molecule has 0 aliphatic heterocycles. The zero-order chi connectivity index (χ0) is 11.7. The molecule has 1 heterocycles. The normalized spacial score (nSPS) is 24.5. The predicted molar refractivity (Wildman–Crippen MR) is 70.3 cm³/mol. The number of benzene rings is 1. The quantitative estimate of drug-likeness (QED) is 0.868. The Hall–Kier alpha value is -1.28.